The number of carbonyl (C=O) groups excluding carboxylic acids is 2. The molecule has 1 saturated heterocycles. The number of benzene rings is 1. The molecule has 7 heteroatoms. The van der Waals surface area contributed by atoms with E-state index in [2.05, 4.69) is 24.1 Å². The van der Waals surface area contributed by atoms with Crippen molar-refractivity contribution in [2.45, 2.75) is 39.2 Å². The molecule has 1 aliphatic rings. The highest BCUT2D eigenvalue weighted by Crippen LogP contribution is 2.24. The van der Waals surface area contributed by atoms with Crippen molar-refractivity contribution >= 4 is 22.8 Å². The molecule has 1 aliphatic heterocycles. The zero-order valence-electron chi connectivity index (χ0n) is 16.7. The van der Waals surface area contributed by atoms with Crippen molar-refractivity contribution in [1.82, 2.24) is 15.2 Å². The van der Waals surface area contributed by atoms with Gasteiger partial charge in [-0.2, -0.15) is 0 Å². The Bertz CT molecular complexity index is 981. The van der Waals surface area contributed by atoms with Crippen LogP contribution in [0.3, 0.4) is 0 Å². The lowest BCUT2D eigenvalue weighted by molar-refractivity contribution is 0.0786. The summed E-state index contributed by atoms with van der Waals surface area (Å²) < 4.78 is 11.3. The Kier molecular flexibility index (Phi) is 5.38. The predicted octanol–water partition coefficient (Wildman–Crippen LogP) is 4.17. The van der Waals surface area contributed by atoms with E-state index in [0.717, 1.165) is 31.3 Å². The molecule has 0 aliphatic carbocycles. The zero-order valence-corrected chi connectivity index (χ0v) is 16.7. The first-order valence-corrected chi connectivity index (χ1v) is 10.1. The van der Waals surface area contributed by atoms with Gasteiger partial charge in [-0.1, -0.05) is 32.0 Å². The van der Waals surface area contributed by atoms with Crippen LogP contribution in [-0.2, 0) is 0 Å². The van der Waals surface area contributed by atoms with Crippen molar-refractivity contribution in [1.29, 1.82) is 0 Å². The van der Waals surface area contributed by atoms with Crippen LogP contribution in [0.1, 0.15) is 66.1 Å². The van der Waals surface area contributed by atoms with Crippen LogP contribution in [0.2, 0.25) is 0 Å². The first-order valence-electron chi connectivity index (χ1n) is 10.1. The van der Waals surface area contributed by atoms with Gasteiger partial charge in [0.25, 0.3) is 11.8 Å². The van der Waals surface area contributed by atoms with Crippen molar-refractivity contribution in [2.24, 2.45) is 5.92 Å². The van der Waals surface area contributed by atoms with Crippen molar-refractivity contribution in [3.8, 4) is 0 Å². The molecule has 0 radical (unpaired) electrons. The molecule has 29 heavy (non-hydrogen) atoms. The van der Waals surface area contributed by atoms with Gasteiger partial charge in [0.15, 0.2) is 11.5 Å². The van der Waals surface area contributed by atoms with Gasteiger partial charge in [0.2, 0.25) is 5.89 Å². The molecule has 3 heterocycles. The number of hydrogen-bond acceptors (Lipinski definition) is 5. The predicted molar refractivity (Wildman–Crippen MR) is 108 cm³/mol. The van der Waals surface area contributed by atoms with E-state index in [0.29, 0.717) is 23.8 Å². The SMILES string of the molecule is CC(C)C[C@H](NC(=O)c1cc2ccccc2o1)c1nc(C(=O)N2CCCC2)co1. The van der Waals surface area contributed by atoms with Crippen LogP contribution in [0.15, 0.2) is 45.4 Å². The summed E-state index contributed by atoms with van der Waals surface area (Å²) in [6.45, 7) is 5.61. The number of furan rings is 1. The third kappa shape index (κ3) is 4.18. The maximum atomic E-state index is 12.8. The second-order valence-electron chi connectivity index (χ2n) is 7.87. The smallest absolute Gasteiger partial charge is 0.287 e. The van der Waals surface area contributed by atoms with Crippen molar-refractivity contribution in [3.63, 3.8) is 0 Å². The lowest BCUT2D eigenvalue weighted by Crippen LogP contribution is -2.30. The van der Waals surface area contributed by atoms with Crippen LogP contribution in [0.5, 0.6) is 0 Å². The van der Waals surface area contributed by atoms with E-state index in [1.165, 1.54) is 6.26 Å². The highest BCUT2D eigenvalue weighted by atomic mass is 16.4. The molecule has 2 aromatic heterocycles. The summed E-state index contributed by atoms with van der Waals surface area (Å²) in [5, 5.41) is 3.82. The average Bonchev–Trinajstić information content (AvgIpc) is 3.46. The fourth-order valence-electron chi connectivity index (χ4n) is 3.64. The highest BCUT2D eigenvalue weighted by molar-refractivity contribution is 5.96. The molecule has 0 unspecified atom stereocenters. The third-order valence-electron chi connectivity index (χ3n) is 5.09. The van der Waals surface area contributed by atoms with E-state index < -0.39 is 6.04 Å². The fraction of sp³-hybridized carbons (Fsp3) is 0.409. The molecule has 0 spiro atoms. The van der Waals surface area contributed by atoms with Gasteiger partial charge in [-0.15, -0.1) is 0 Å². The summed E-state index contributed by atoms with van der Waals surface area (Å²) in [4.78, 5) is 31.5. The van der Waals surface area contributed by atoms with Gasteiger partial charge in [0.05, 0.1) is 0 Å². The number of oxazole rings is 1. The van der Waals surface area contributed by atoms with Crippen LogP contribution in [-0.4, -0.2) is 34.8 Å². The molecule has 0 saturated carbocycles. The first kappa shape index (κ1) is 19.2. The normalized spacial score (nSPS) is 15.2. The molecule has 0 bridgehead atoms. The summed E-state index contributed by atoms with van der Waals surface area (Å²) in [7, 11) is 0. The molecule has 1 atom stereocenters. The van der Waals surface area contributed by atoms with E-state index in [9.17, 15) is 9.59 Å². The number of aromatic nitrogens is 1. The van der Waals surface area contributed by atoms with Gasteiger partial charge < -0.3 is 19.1 Å². The number of hydrogen-bond donors (Lipinski definition) is 1. The molecular formula is C22H25N3O4. The van der Waals surface area contributed by atoms with Crippen LogP contribution >= 0.6 is 0 Å². The minimum Gasteiger partial charge on any atom is -0.451 e. The number of rotatable bonds is 6. The number of likely N-dealkylation sites (tertiary alicyclic amines) is 1. The van der Waals surface area contributed by atoms with E-state index in [1.54, 1.807) is 11.0 Å². The summed E-state index contributed by atoms with van der Waals surface area (Å²) >= 11 is 0. The highest BCUT2D eigenvalue weighted by Gasteiger charge is 2.27. The molecule has 2 amide bonds. The van der Waals surface area contributed by atoms with E-state index in [4.69, 9.17) is 8.83 Å². The van der Waals surface area contributed by atoms with E-state index in [-0.39, 0.29) is 23.3 Å². The fourth-order valence-corrected chi connectivity index (χ4v) is 3.64. The molecule has 3 aromatic rings. The monoisotopic (exact) mass is 395 g/mol. The lowest BCUT2D eigenvalue weighted by atomic mass is 10.0. The number of para-hydroxylation sites is 1. The maximum absolute atomic E-state index is 12.8. The lowest BCUT2D eigenvalue weighted by Gasteiger charge is -2.17. The first-order chi connectivity index (χ1) is 14.0. The van der Waals surface area contributed by atoms with E-state index >= 15 is 0 Å². The topological polar surface area (TPSA) is 88.6 Å². The quantitative estimate of drug-likeness (QED) is 0.677. The minimum atomic E-state index is -0.448. The summed E-state index contributed by atoms with van der Waals surface area (Å²) in [6, 6.07) is 8.74. The zero-order chi connectivity index (χ0) is 20.4. The van der Waals surface area contributed by atoms with Crippen molar-refractivity contribution in [3.05, 3.63) is 53.9 Å². The van der Waals surface area contributed by atoms with Crippen LogP contribution in [0, 0.1) is 5.92 Å². The van der Waals surface area contributed by atoms with Gasteiger partial charge in [-0.05, 0) is 37.3 Å². The van der Waals surface area contributed by atoms with E-state index in [1.807, 2.05) is 24.3 Å². The van der Waals surface area contributed by atoms with Gasteiger partial charge in [0.1, 0.15) is 17.9 Å². The average molecular weight is 395 g/mol. The summed E-state index contributed by atoms with van der Waals surface area (Å²) in [5.74, 6) is 0.410. The number of carbonyl (C=O) groups is 2. The number of nitrogens with one attached hydrogen (secondary N) is 1. The Morgan fingerprint density at radius 1 is 1.21 bits per heavy atom. The van der Waals surface area contributed by atoms with Crippen molar-refractivity contribution in [2.75, 3.05) is 13.1 Å². The second-order valence-corrected chi connectivity index (χ2v) is 7.87. The minimum absolute atomic E-state index is 0.121. The van der Waals surface area contributed by atoms with Gasteiger partial charge in [-0.3, -0.25) is 9.59 Å². The standard InChI is InChI=1S/C22H25N3O4/c1-14(2)11-16(21-24-17(13-28-21)22(27)25-9-5-6-10-25)23-20(26)19-12-15-7-3-4-8-18(15)29-19/h3-4,7-8,12-14,16H,5-6,9-11H2,1-2H3,(H,23,26)/t16-/m0/s1. The Labute approximate surface area is 169 Å². The van der Waals surface area contributed by atoms with Gasteiger partial charge in [-0.25, -0.2) is 4.98 Å². The largest absolute Gasteiger partial charge is 0.451 e. The molecular weight excluding hydrogens is 370 g/mol. The Morgan fingerprint density at radius 2 is 1.97 bits per heavy atom. The number of fused-ring (bicyclic) bond motifs is 1. The third-order valence-corrected chi connectivity index (χ3v) is 5.09. The van der Waals surface area contributed by atoms with Crippen molar-refractivity contribution < 1.29 is 18.4 Å². The summed E-state index contributed by atoms with van der Waals surface area (Å²) in [6.07, 6.45) is 4.04. The van der Waals surface area contributed by atoms with Gasteiger partial charge in [0, 0.05) is 18.5 Å². The summed E-state index contributed by atoms with van der Waals surface area (Å²) in [5.41, 5.74) is 0.946. The maximum Gasteiger partial charge on any atom is 0.287 e. The molecule has 7 nitrogen and oxygen atoms in total. The van der Waals surface area contributed by atoms with Gasteiger partial charge >= 0.3 is 0 Å². The molecule has 1 N–H and O–H groups in total. The molecule has 4 rings (SSSR count). The Balaban J connectivity index is 1.53. The molecule has 1 aromatic carbocycles. The molecule has 152 valence electrons. The number of amides is 2. The second kappa shape index (κ2) is 8.11. The number of nitrogens with zero attached hydrogens (tertiary/aromatic N) is 2. The van der Waals surface area contributed by atoms with Crippen LogP contribution in [0.25, 0.3) is 11.0 Å². The Morgan fingerprint density at radius 3 is 2.69 bits per heavy atom. The van der Waals surface area contributed by atoms with Crippen LogP contribution in [0.4, 0.5) is 0 Å². The van der Waals surface area contributed by atoms with Crippen LogP contribution < -0.4 is 5.32 Å². The molecule has 1 fully saturated rings. The Hall–Kier alpha value is -3.09.